The topological polar surface area (TPSA) is 30.7 Å². The molecule has 1 aromatic carbocycles. The van der Waals surface area contributed by atoms with E-state index in [4.69, 9.17) is 0 Å². The van der Waals surface area contributed by atoms with Gasteiger partial charge in [-0.3, -0.25) is 9.67 Å². The Labute approximate surface area is 106 Å². The lowest BCUT2D eigenvalue weighted by Gasteiger charge is -2.04. The van der Waals surface area contributed by atoms with Gasteiger partial charge in [-0.05, 0) is 28.8 Å². The Kier molecular flexibility index (Phi) is 2.65. The molecule has 2 heterocycles. The molecule has 3 rings (SSSR count). The molecule has 3 nitrogen and oxygen atoms in total. The van der Waals surface area contributed by atoms with Gasteiger partial charge in [0.15, 0.2) is 0 Å². The first kappa shape index (κ1) is 10.7. The van der Waals surface area contributed by atoms with Crippen molar-refractivity contribution in [2.45, 2.75) is 0 Å². The van der Waals surface area contributed by atoms with E-state index < -0.39 is 0 Å². The molecule has 0 saturated carbocycles. The molecule has 0 radical (unpaired) electrons. The summed E-state index contributed by atoms with van der Waals surface area (Å²) in [7, 11) is 1.95. The fourth-order valence-electron chi connectivity index (χ4n) is 2.02. The average molecular weight is 235 g/mol. The highest BCUT2D eigenvalue weighted by molar-refractivity contribution is 5.68. The third kappa shape index (κ3) is 1.91. The summed E-state index contributed by atoms with van der Waals surface area (Å²) in [5.41, 5.74) is 4.60. The molecule has 0 N–H and O–H groups in total. The van der Waals surface area contributed by atoms with E-state index in [1.807, 2.05) is 36.3 Å². The van der Waals surface area contributed by atoms with E-state index in [-0.39, 0.29) is 0 Å². The van der Waals surface area contributed by atoms with E-state index in [0.29, 0.717) is 0 Å². The second kappa shape index (κ2) is 4.45. The Bertz CT molecular complexity index is 639. The predicted molar refractivity (Wildman–Crippen MR) is 71.9 cm³/mol. The maximum Gasteiger partial charge on any atom is 0.0678 e. The van der Waals surface area contributed by atoms with E-state index >= 15 is 0 Å². The van der Waals surface area contributed by atoms with E-state index in [1.165, 1.54) is 11.1 Å². The van der Waals surface area contributed by atoms with Gasteiger partial charge in [-0.25, -0.2) is 0 Å². The lowest BCUT2D eigenvalue weighted by molar-refractivity contribution is 0.776. The maximum atomic E-state index is 4.18. The highest BCUT2D eigenvalue weighted by Crippen LogP contribution is 2.23. The zero-order valence-electron chi connectivity index (χ0n) is 10.1. The first-order valence-corrected chi connectivity index (χ1v) is 5.83. The van der Waals surface area contributed by atoms with Crippen molar-refractivity contribution in [3.63, 3.8) is 0 Å². The smallest absolute Gasteiger partial charge is 0.0678 e. The molecule has 0 saturated heterocycles. The molecular formula is C15H13N3. The fourth-order valence-corrected chi connectivity index (χ4v) is 2.02. The van der Waals surface area contributed by atoms with E-state index in [2.05, 4.69) is 40.4 Å². The van der Waals surface area contributed by atoms with Gasteiger partial charge >= 0.3 is 0 Å². The van der Waals surface area contributed by atoms with Gasteiger partial charge in [0.05, 0.1) is 5.69 Å². The number of aromatic nitrogens is 3. The molecule has 18 heavy (non-hydrogen) atoms. The molecule has 0 aliphatic heterocycles. The largest absolute Gasteiger partial charge is 0.268 e. The SMILES string of the molecule is Cn1nccc1-c1ccc(-c2cccnc2)cc1. The maximum absolute atomic E-state index is 4.18. The Morgan fingerprint density at radius 2 is 1.61 bits per heavy atom. The lowest BCUT2D eigenvalue weighted by atomic mass is 10.0. The highest BCUT2D eigenvalue weighted by atomic mass is 15.2. The molecule has 88 valence electrons. The summed E-state index contributed by atoms with van der Waals surface area (Å²) in [5.74, 6) is 0. The van der Waals surface area contributed by atoms with Crippen molar-refractivity contribution >= 4 is 0 Å². The molecule has 0 aliphatic carbocycles. The lowest BCUT2D eigenvalue weighted by Crippen LogP contribution is -1.92. The van der Waals surface area contributed by atoms with Crippen LogP contribution >= 0.6 is 0 Å². The molecule has 0 bridgehead atoms. The van der Waals surface area contributed by atoms with Crippen molar-refractivity contribution in [2.75, 3.05) is 0 Å². The van der Waals surface area contributed by atoms with Gasteiger partial charge in [-0.2, -0.15) is 5.10 Å². The van der Waals surface area contributed by atoms with Crippen molar-refractivity contribution in [2.24, 2.45) is 7.05 Å². The van der Waals surface area contributed by atoms with Gasteiger partial charge in [-0.15, -0.1) is 0 Å². The summed E-state index contributed by atoms with van der Waals surface area (Å²) in [6.07, 6.45) is 5.47. The van der Waals surface area contributed by atoms with Gasteiger partial charge in [0, 0.05) is 25.6 Å². The normalized spacial score (nSPS) is 10.5. The summed E-state index contributed by atoms with van der Waals surface area (Å²) in [6.45, 7) is 0. The van der Waals surface area contributed by atoms with Gasteiger partial charge in [-0.1, -0.05) is 30.3 Å². The van der Waals surface area contributed by atoms with Gasteiger partial charge in [0.1, 0.15) is 0 Å². The number of nitrogens with zero attached hydrogens (tertiary/aromatic N) is 3. The zero-order chi connectivity index (χ0) is 12.4. The third-order valence-corrected chi connectivity index (χ3v) is 3.00. The van der Waals surface area contributed by atoms with Crippen LogP contribution in [0.3, 0.4) is 0 Å². The Morgan fingerprint density at radius 1 is 0.833 bits per heavy atom. The van der Waals surface area contributed by atoms with Crippen LogP contribution < -0.4 is 0 Å². The monoisotopic (exact) mass is 235 g/mol. The molecule has 3 aromatic rings. The second-order valence-electron chi connectivity index (χ2n) is 4.16. The molecule has 0 fully saturated rings. The molecular weight excluding hydrogens is 222 g/mol. The van der Waals surface area contributed by atoms with Crippen LogP contribution in [0.4, 0.5) is 0 Å². The van der Waals surface area contributed by atoms with Crippen molar-refractivity contribution in [3.8, 4) is 22.4 Å². The Morgan fingerprint density at radius 3 is 2.22 bits per heavy atom. The fraction of sp³-hybridized carbons (Fsp3) is 0.0667. The summed E-state index contributed by atoms with van der Waals surface area (Å²) >= 11 is 0. The van der Waals surface area contributed by atoms with Gasteiger partial charge in [0.2, 0.25) is 0 Å². The van der Waals surface area contributed by atoms with Crippen molar-refractivity contribution < 1.29 is 0 Å². The van der Waals surface area contributed by atoms with Crippen LogP contribution in [0, 0.1) is 0 Å². The Hall–Kier alpha value is -2.42. The van der Waals surface area contributed by atoms with Crippen LogP contribution in [0.15, 0.2) is 61.1 Å². The number of hydrogen-bond donors (Lipinski definition) is 0. The second-order valence-corrected chi connectivity index (χ2v) is 4.16. The predicted octanol–water partition coefficient (Wildman–Crippen LogP) is 3.15. The number of rotatable bonds is 2. The van der Waals surface area contributed by atoms with Crippen LogP contribution in [0.25, 0.3) is 22.4 Å². The summed E-state index contributed by atoms with van der Waals surface area (Å²) in [6, 6.07) is 14.5. The minimum Gasteiger partial charge on any atom is -0.268 e. The number of hydrogen-bond acceptors (Lipinski definition) is 2. The first-order chi connectivity index (χ1) is 8.84. The average Bonchev–Trinajstić information content (AvgIpc) is 2.86. The van der Waals surface area contributed by atoms with Crippen LogP contribution in [-0.2, 0) is 7.05 Å². The number of benzene rings is 1. The van der Waals surface area contributed by atoms with Crippen LogP contribution in [-0.4, -0.2) is 14.8 Å². The number of aryl methyl sites for hydroxylation is 1. The molecule has 2 aromatic heterocycles. The van der Waals surface area contributed by atoms with Crippen LogP contribution in [0.5, 0.6) is 0 Å². The van der Waals surface area contributed by atoms with Crippen LogP contribution in [0.2, 0.25) is 0 Å². The van der Waals surface area contributed by atoms with E-state index in [0.717, 1.165) is 11.3 Å². The van der Waals surface area contributed by atoms with Crippen molar-refractivity contribution in [1.82, 2.24) is 14.8 Å². The summed E-state index contributed by atoms with van der Waals surface area (Å²) < 4.78 is 1.87. The molecule has 0 amide bonds. The van der Waals surface area contributed by atoms with Gasteiger partial charge < -0.3 is 0 Å². The zero-order valence-corrected chi connectivity index (χ0v) is 10.1. The molecule has 0 aliphatic rings. The van der Waals surface area contributed by atoms with Crippen LogP contribution in [0.1, 0.15) is 0 Å². The first-order valence-electron chi connectivity index (χ1n) is 5.83. The van der Waals surface area contributed by atoms with Crippen molar-refractivity contribution in [1.29, 1.82) is 0 Å². The molecule has 3 heteroatoms. The standard InChI is InChI=1S/C15H13N3/c1-18-15(8-10-17-18)13-6-4-12(5-7-13)14-3-2-9-16-11-14/h2-11H,1H3. The molecule has 0 spiro atoms. The van der Waals surface area contributed by atoms with Gasteiger partial charge in [0.25, 0.3) is 0 Å². The summed E-state index contributed by atoms with van der Waals surface area (Å²) in [4.78, 5) is 4.13. The Balaban J connectivity index is 1.97. The molecule has 0 atom stereocenters. The number of pyridine rings is 1. The summed E-state index contributed by atoms with van der Waals surface area (Å²) in [5, 5.41) is 4.18. The third-order valence-electron chi connectivity index (χ3n) is 3.00. The quantitative estimate of drug-likeness (QED) is 0.683. The van der Waals surface area contributed by atoms with Crippen molar-refractivity contribution in [3.05, 3.63) is 61.1 Å². The van der Waals surface area contributed by atoms with E-state index in [1.54, 1.807) is 6.20 Å². The van der Waals surface area contributed by atoms with E-state index in [9.17, 15) is 0 Å². The minimum atomic E-state index is 1.12. The molecule has 0 unspecified atom stereocenters. The minimum absolute atomic E-state index is 1.12. The highest BCUT2D eigenvalue weighted by Gasteiger charge is 2.03.